The Kier molecular flexibility index (Phi) is 3.39. The number of hydrogen-bond acceptors (Lipinski definition) is 4. The molecule has 1 atom stereocenters. The second kappa shape index (κ2) is 4.83. The van der Waals surface area contributed by atoms with Crippen LogP contribution in [0.2, 0.25) is 0 Å². The van der Waals surface area contributed by atoms with E-state index in [-0.39, 0.29) is 4.90 Å². The first-order chi connectivity index (χ1) is 8.49. The van der Waals surface area contributed by atoms with Crippen LogP contribution in [0.4, 0.5) is 4.39 Å². The predicted molar refractivity (Wildman–Crippen MR) is 61.5 cm³/mol. The lowest BCUT2D eigenvalue weighted by molar-refractivity contribution is 0.557. The van der Waals surface area contributed by atoms with Crippen molar-refractivity contribution >= 4 is 10.0 Å². The van der Waals surface area contributed by atoms with E-state index in [1.54, 1.807) is 13.1 Å². The summed E-state index contributed by atoms with van der Waals surface area (Å²) in [5.74, 6) is -0.230. The number of aromatic amines is 1. The quantitative estimate of drug-likeness (QED) is 0.867. The highest BCUT2D eigenvalue weighted by Crippen LogP contribution is 2.13. The van der Waals surface area contributed by atoms with Crippen molar-refractivity contribution in [1.29, 1.82) is 0 Å². The fraction of sp³-hybridized carbons (Fsp3) is 0.200. The number of imidazole rings is 1. The molecule has 0 aliphatic heterocycles. The Morgan fingerprint density at radius 2 is 2.22 bits per heavy atom. The highest BCUT2D eigenvalue weighted by Gasteiger charge is 2.20. The average molecular weight is 270 g/mol. The van der Waals surface area contributed by atoms with Gasteiger partial charge in [-0.15, -0.1) is 0 Å². The SMILES string of the molecule is CC(NS(=O)(=O)c1cncc(F)c1)c1ncc[nH]1. The van der Waals surface area contributed by atoms with Gasteiger partial charge in [0.15, 0.2) is 0 Å². The lowest BCUT2D eigenvalue weighted by Crippen LogP contribution is -2.27. The molecule has 0 aliphatic rings. The molecule has 0 saturated heterocycles. The first-order valence-corrected chi connectivity index (χ1v) is 6.59. The van der Waals surface area contributed by atoms with E-state index in [4.69, 9.17) is 0 Å². The van der Waals surface area contributed by atoms with Crippen LogP contribution in [0, 0.1) is 5.82 Å². The van der Waals surface area contributed by atoms with E-state index in [0.29, 0.717) is 5.82 Å². The zero-order chi connectivity index (χ0) is 13.2. The fourth-order valence-electron chi connectivity index (χ4n) is 1.41. The minimum Gasteiger partial charge on any atom is -0.347 e. The number of nitrogens with one attached hydrogen (secondary N) is 2. The minimum absolute atomic E-state index is 0.221. The van der Waals surface area contributed by atoms with Gasteiger partial charge in [-0.1, -0.05) is 0 Å². The lowest BCUT2D eigenvalue weighted by atomic mass is 10.3. The summed E-state index contributed by atoms with van der Waals surface area (Å²) in [6.45, 7) is 1.63. The first kappa shape index (κ1) is 12.7. The van der Waals surface area contributed by atoms with Crippen molar-refractivity contribution in [2.45, 2.75) is 17.9 Å². The molecule has 0 radical (unpaired) electrons. The van der Waals surface area contributed by atoms with Gasteiger partial charge in [0.2, 0.25) is 10.0 Å². The molecule has 6 nitrogen and oxygen atoms in total. The van der Waals surface area contributed by atoms with Crippen LogP contribution in [-0.2, 0) is 10.0 Å². The molecule has 0 amide bonds. The Morgan fingerprint density at radius 1 is 1.44 bits per heavy atom. The van der Waals surface area contributed by atoms with Gasteiger partial charge in [-0.25, -0.2) is 22.5 Å². The summed E-state index contributed by atoms with van der Waals surface area (Å²) in [5, 5.41) is 0. The molecule has 2 N–H and O–H groups in total. The zero-order valence-electron chi connectivity index (χ0n) is 9.46. The molecule has 0 saturated carbocycles. The number of pyridine rings is 1. The molecule has 0 spiro atoms. The van der Waals surface area contributed by atoms with Crippen LogP contribution in [0.5, 0.6) is 0 Å². The van der Waals surface area contributed by atoms with E-state index in [1.807, 2.05) is 0 Å². The maximum atomic E-state index is 12.9. The Balaban J connectivity index is 2.22. The summed E-state index contributed by atoms with van der Waals surface area (Å²) in [6.07, 6.45) is 5.13. The minimum atomic E-state index is -3.82. The summed E-state index contributed by atoms with van der Waals surface area (Å²) in [6, 6.07) is 0.359. The lowest BCUT2D eigenvalue weighted by Gasteiger charge is -2.11. The largest absolute Gasteiger partial charge is 0.347 e. The summed E-state index contributed by atoms with van der Waals surface area (Å²) < 4.78 is 39.2. The number of nitrogens with zero attached hydrogens (tertiary/aromatic N) is 2. The first-order valence-electron chi connectivity index (χ1n) is 5.11. The van der Waals surface area contributed by atoms with Crippen molar-refractivity contribution in [3.63, 3.8) is 0 Å². The Morgan fingerprint density at radius 3 is 2.83 bits per heavy atom. The normalized spacial score (nSPS) is 13.4. The number of aromatic nitrogens is 3. The van der Waals surface area contributed by atoms with E-state index in [9.17, 15) is 12.8 Å². The van der Waals surface area contributed by atoms with Crippen LogP contribution in [-0.4, -0.2) is 23.4 Å². The van der Waals surface area contributed by atoms with Crippen LogP contribution in [0.1, 0.15) is 18.8 Å². The van der Waals surface area contributed by atoms with Crippen LogP contribution in [0.15, 0.2) is 35.7 Å². The zero-order valence-corrected chi connectivity index (χ0v) is 10.3. The Hall–Kier alpha value is -1.80. The average Bonchev–Trinajstić information content (AvgIpc) is 2.82. The molecule has 96 valence electrons. The van der Waals surface area contributed by atoms with Gasteiger partial charge >= 0.3 is 0 Å². The van der Waals surface area contributed by atoms with Gasteiger partial charge in [-0.05, 0) is 13.0 Å². The summed E-state index contributed by atoms with van der Waals surface area (Å²) >= 11 is 0. The molecule has 1 unspecified atom stereocenters. The van der Waals surface area contributed by atoms with Gasteiger partial charge in [0.25, 0.3) is 0 Å². The summed E-state index contributed by atoms with van der Waals surface area (Å²) in [4.78, 5) is 10.0. The van der Waals surface area contributed by atoms with E-state index in [0.717, 1.165) is 18.5 Å². The molecular formula is C10H11FN4O2S. The van der Waals surface area contributed by atoms with Gasteiger partial charge in [0.1, 0.15) is 16.5 Å². The molecule has 0 bridgehead atoms. The van der Waals surface area contributed by atoms with Gasteiger partial charge in [-0.3, -0.25) is 4.98 Å². The van der Waals surface area contributed by atoms with Crippen LogP contribution in [0.25, 0.3) is 0 Å². The molecule has 0 aromatic carbocycles. The topological polar surface area (TPSA) is 87.7 Å². The van der Waals surface area contributed by atoms with Crippen molar-refractivity contribution in [3.8, 4) is 0 Å². The summed E-state index contributed by atoms with van der Waals surface area (Å²) in [7, 11) is -3.82. The highest BCUT2D eigenvalue weighted by molar-refractivity contribution is 7.89. The Bertz CT molecular complexity index is 627. The number of H-pyrrole nitrogens is 1. The molecule has 8 heteroatoms. The molecule has 2 aromatic heterocycles. The predicted octanol–water partition coefficient (Wildman–Crippen LogP) is 0.983. The molecule has 2 heterocycles. The molecular weight excluding hydrogens is 259 g/mol. The second-order valence-corrected chi connectivity index (χ2v) is 5.37. The van der Waals surface area contributed by atoms with Gasteiger partial charge in [0, 0.05) is 18.6 Å². The van der Waals surface area contributed by atoms with Crippen molar-refractivity contribution in [2.24, 2.45) is 0 Å². The molecule has 2 rings (SSSR count). The summed E-state index contributed by atoms with van der Waals surface area (Å²) in [5.41, 5.74) is 0. The molecule has 18 heavy (non-hydrogen) atoms. The third-order valence-electron chi connectivity index (χ3n) is 2.25. The standard InChI is InChI=1S/C10H11FN4O2S/c1-7(10-13-2-3-14-10)15-18(16,17)9-4-8(11)5-12-6-9/h2-7,15H,1H3,(H,13,14). The van der Waals surface area contributed by atoms with E-state index >= 15 is 0 Å². The smallest absolute Gasteiger partial charge is 0.242 e. The van der Waals surface area contributed by atoms with E-state index < -0.39 is 21.9 Å². The highest BCUT2D eigenvalue weighted by atomic mass is 32.2. The van der Waals surface area contributed by atoms with Crippen LogP contribution in [0.3, 0.4) is 0 Å². The van der Waals surface area contributed by atoms with Gasteiger partial charge in [-0.2, -0.15) is 0 Å². The number of hydrogen-bond donors (Lipinski definition) is 2. The number of rotatable bonds is 4. The van der Waals surface area contributed by atoms with Crippen molar-refractivity contribution in [3.05, 3.63) is 42.5 Å². The Labute approximate surface area is 103 Å². The maximum Gasteiger partial charge on any atom is 0.242 e. The maximum absolute atomic E-state index is 12.9. The van der Waals surface area contributed by atoms with Crippen molar-refractivity contribution in [2.75, 3.05) is 0 Å². The van der Waals surface area contributed by atoms with Gasteiger partial charge < -0.3 is 4.98 Å². The number of halogens is 1. The monoisotopic (exact) mass is 270 g/mol. The van der Waals surface area contributed by atoms with Gasteiger partial charge in [0.05, 0.1) is 12.2 Å². The fourth-order valence-corrected chi connectivity index (χ4v) is 2.59. The van der Waals surface area contributed by atoms with Crippen molar-refractivity contribution < 1.29 is 12.8 Å². The molecule has 0 fully saturated rings. The van der Waals surface area contributed by atoms with E-state index in [1.165, 1.54) is 6.20 Å². The molecule has 2 aromatic rings. The third kappa shape index (κ3) is 2.71. The van der Waals surface area contributed by atoms with E-state index in [2.05, 4.69) is 19.7 Å². The number of sulfonamides is 1. The van der Waals surface area contributed by atoms with Crippen LogP contribution < -0.4 is 4.72 Å². The third-order valence-corrected chi connectivity index (χ3v) is 3.76. The van der Waals surface area contributed by atoms with Crippen LogP contribution >= 0.6 is 0 Å². The van der Waals surface area contributed by atoms with Crippen molar-refractivity contribution in [1.82, 2.24) is 19.7 Å². The molecule has 0 aliphatic carbocycles. The second-order valence-electron chi connectivity index (χ2n) is 3.66.